The summed E-state index contributed by atoms with van der Waals surface area (Å²) in [5.74, 6) is -0.376. The smallest absolute Gasteiger partial charge is 0.409 e. The maximum Gasteiger partial charge on any atom is 0.409 e. The standard InChI is InChI=1S/C28H37N5O7S3/c1-5-30(6-2)15-20-33(27-29-25-23(41-27)9-8-10-24(25)42(4,36)37)26(34)21-11-13-22(14-12-21)43(38,39)32-18-16-31(17-19-32)28(35)40-7-3/h8-14H,5-7,15-20H2,1-4H3. The van der Waals surface area contributed by atoms with Crippen molar-refractivity contribution >= 4 is 58.5 Å². The highest BCUT2D eigenvalue weighted by atomic mass is 32.2. The van der Waals surface area contributed by atoms with Gasteiger partial charge in [0.25, 0.3) is 5.91 Å². The lowest BCUT2D eigenvalue weighted by molar-refractivity contribution is 0.0933. The van der Waals surface area contributed by atoms with Crippen LogP contribution in [0.2, 0.25) is 0 Å². The monoisotopic (exact) mass is 651 g/mol. The molecular formula is C28H37N5O7S3. The second kappa shape index (κ2) is 13.7. The van der Waals surface area contributed by atoms with E-state index in [1.54, 1.807) is 19.1 Å². The van der Waals surface area contributed by atoms with Gasteiger partial charge in [-0.15, -0.1) is 0 Å². The zero-order valence-electron chi connectivity index (χ0n) is 24.7. The van der Waals surface area contributed by atoms with Crippen molar-refractivity contribution in [3.05, 3.63) is 48.0 Å². The summed E-state index contributed by atoms with van der Waals surface area (Å²) >= 11 is 1.23. The molecule has 0 aliphatic carbocycles. The zero-order chi connectivity index (χ0) is 31.4. The first-order valence-corrected chi connectivity index (χ1v) is 18.2. The molecule has 3 aromatic rings. The summed E-state index contributed by atoms with van der Waals surface area (Å²) < 4.78 is 58.3. The summed E-state index contributed by atoms with van der Waals surface area (Å²) in [6, 6.07) is 10.7. The van der Waals surface area contributed by atoms with Crippen molar-refractivity contribution in [1.82, 2.24) is 19.1 Å². The molecular weight excluding hydrogens is 615 g/mol. The summed E-state index contributed by atoms with van der Waals surface area (Å²) in [4.78, 5) is 35.7. The van der Waals surface area contributed by atoms with Crippen molar-refractivity contribution < 1.29 is 31.2 Å². The third-order valence-electron chi connectivity index (χ3n) is 7.28. The molecule has 1 aromatic heterocycles. The maximum atomic E-state index is 13.9. The molecule has 0 saturated carbocycles. The summed E-state index contributed by atoms with van der Waals surface area (Å²) in [5.41, 5.74) is 0.586. The lowest BCUT2D eigenvalue weighted by Gasteiger charge is -2.33. The van der Waals surface area contributed by atoms with Gasteiger partial charge in [-0.3, -0.25) is 9.69 Å². The number of carbonyl (C=O) groups is 2. The first-order valence-electron chi connectivity index (χ1n) is 14.1. The predicted molar refractivity (Wildman–Crippen MR) is 166 cm³/mol. The molecule has 0 radical (unpaired) electrons. The number of piperazine rings is 1. The van der Waals surface area contributed by atoms with Gasteiger partial charge in [0, 0.05) is 51.1 Å². The van der Waals surface area contributed by atoms with Crippen molar-refractivity contribution in [2.75, 3.05) is 70.1 Å². The number of amides is 2. The van der Waals surface area contributed by atoms with Crippen LogP contribution in [0.25, 0.3) is 10.2 Å². The zero-order valence-corrected chi connectivity index (χ0v) is 27.2. The van der Waals surface area contributed by atoms with Crippen molar-refractivity contribution in [3.8, 4) is 0 Å². The number of likely N-dealkylation sites (N-methyl/N-ethyl adjacent to an activating group) is 1. The number of sulfonamides is 1. The number of carbonyl (C=O) groups excluding carboxylic acids is 2. The fraction of sp³-hybridized carbons (Fsp3) is 0.464. The number of anilines is 1. The molecule has 4 rings (SSSR count). The van der Waals surface area contributed by atoms with E-state index in [0.29, 0.717) is 28.4 Å². The van der Waals surface area contributed by atoms with Crippen LogP contribution in [0.1, 0.15) is 31.1 Å². The first-order chi connectivity index (χ1) is 20.4. The number of hydrogen-bond acceptors (Lipinski definition) is 10. The number of ether oxygens (including phenoxy) is 1. The number of hydrogen-bond donors (Lipinski definition) is 0. The molecule has 1 aliphatic rings. The number of para-hydroxylation sites is 1. The average molecular weight is 652 g/mol. The van der Waals surface area contributed by atoms with Gasteiger partial charge in [0.1, 0.15) is 5.52 Å². The van der Waals surface area contributed by atoms with E-state index in [9.17, 15) is 26.4 Å². The van der Waals surface area contributed by atoms with Gasteiger partial charge < -0.3 is 14.5 Å². The van der Waals surface area contributed by atoms with Gasteiger partial charge in [0.2, 0.25) is 10.0 Å². The van der Waals surface area contributed by atoms with E-state index < -0.39 is 26.0 Å². The Hall–Kier alpha value is -3.11. The molecule has 0 N–H and O–H groups in total. The minimum absolute atomic E-state index is 0.0427. The van der Waals surface area contributed by atoms with E-state index in [-0.39, 0.29) is 54.0 Å². The number of nitrogens with zero attached hydrogens (tertiary/aromatic N) is 5. The van der Waals surface area contributed by atoms with Crippen LogP contribution in [-0.2, 0) is 24.6 Å². The normalized spacial score (nSPS) is 14.8. The second-order valence-corrected chi connectivity index (χ2v) is 14.9. The van der Waals surface area contributed by atoms with Crippen LogP contribution < -0.4 is 4.90 Å². The summed E-state index contributed by atoms with van der Waals surface area (Å²) in [6.45, 7) is 9.18. The predicted octanol–water partition coefficient (Wildman–Crippen LogP) is 3.15. The van der Waals surface area contributed by atoms with Crippen LogP contribution in [-0.4, -0.2) is 113 Å². The van der Waals surface area contributed by atoms with Crippen LogP contribution in [0.15, 0.2) is 52.3 Å². The Balaban J connectivity index is 1.59. The Bertz CT molecular complexity index is 1660. The molecule has 15 heteroatoms. The van der Waals surface area contributed by atoms with Crippen LogP contribution in [0, 0.1) is 0 Å². The molecule has 0 spiro atoms. The van der Waals surface area contributed by atoms with Crippen LogP contribution >= 0.6 is 11.3 Å². The average Bonchev–Trinajstić information content (AvgIpc) is 3.43. The minimum atomic E-state index is -3.85. The number of fused-ring (bicyclic) bond motifs is 1. The molecule has 2 amide bonds. The quantitative estimate of drug-likeness (QED) is 0.306. The highest BCUT2D eigenvalue weighted by molar-refractivity contribution is 7.91. The maximum absolute atomic E-state index is 13.9. The van der Waals surface area contributed by atoms with Gasteiger partial charge in [0.05, 0.1) is 21.1 Å². The number of aromatic nitrogens is 1. The molecule has 1 aliphatic heterocycles. The van der Waals surface area contributed by atoms with Crippen LogP contribution in [0.3, 0.4) is 0 Å². The molecule has 0 bridgehead atoms. The molecule has 1 saturated heterocycles. The molecule has 2 heterocycles. The van der Waals surface area contributed by atoms with Crippen molar-refractivity contribution in [2.45, 2.75) is 30.6 Å². The third-order valence-corrected chi connectivity index (χ3v) is 11.4. The Morgan fingerprint density at radius 1 is 0.930 bits per heavy atom. The SMILES string of the molecule is CCOC(=O)N1CCN(S(=O)(=O)c2ccc(C(=O)N(CCN(CC)CC)c3nc4c(S(C)(=O)=O)cccc4s3)cc2)CC1. The molecule has 234 valence electrons. The van der Waals surface area contributed by atoms with E-state index in [2.05, 4.69) is 9.88 Å². The molecule has 12 nitrogen and oxygen atoms in total. The molecule has 0 unspecified atom stereocenters. The number of sulfone groups is 1. The lowest BCUT2D eigenvalue weighted by atomic mass is 10.2. The highest BCUT2D eigenvalue weighted by Crippen LogP contribution is 2.33. The lowest BCUT2D eigenvalue weighted by Crippen LogP contribution is -2.50. The van der Waals surface area contributed by atoms with E-state index in [1.165, 1.54) is 55.8 Å². The fourth-order valence-electron chi connectivity index (χ4n) is 4.79. The van der Waals surface area contributed by atoms with Crippen molar-refractivity contribution in [2.24, 2.45) is 0 Å². The van der Waals surface area contributed by atoms with Gasteiger partial charge in [-0.2, -0.15) is 4.31 Å². The van der Waals surface area contributed by atoms with Crippen molar-refractivity contribution in [3.63, 3.8) is 0 Å². The minimum Gasteiger partial charge on any atom is -0.450 e. The number of thiazole rings is 1. The summed E-state index contributed by atoms with van der Waals surface area (Å²) in [5, 5.41) is 0.361. The first kappa shape index (κ1) is 32.8. The molecule has 1 fully saturated rings. The summed E-state index contributed by atoms with van der Waals surface area (Å²) in [7, 11) is -7.39. The molecule has 0 atom stereocenters. The van der Waals surface area contributed by atoms with Gasteiger partial charge in [0.15, 0.2) is 15.0 Å². The van der Waals surface area contributed by atoms with Gasteiger partial charge >= 0.3 is 6.09 Å². The van der Waals surface area contributed by atoms with E-state index in [4.69, 9.17) is 4.74 Å². The third kappa shape index (κ3) is 7.34. The van der Waals surface area contributed by atoms with E-state index in [1.807, 2.05) is 13.8 Å². The Labute approximate surface area is 256 Å². The number of benzene rings is 2. The van der Waals surface area contributed by atoms with Gasteiger partial charge in [-0.05, 0) is 56.4 Å². The fourth-order valence-corrected chi connectivity index (χ4v) is 8.13. The van der Waals surface area contributed by atoms with E-state index in [0.717, 1.165) is 19.3 Å². The van der Waals surface area contributed by atoms with Gasteiger partial charge in [-0.1, -0.05) is 31.3 Å². The van der Waals surface area contributed by atoms with Crippen LogP contribution in [0.5, 0.6) is 0 Å². The number of rotatable bonds is 11. The Morgan fingerprint density at radius 2 is 1.58 bits per heavy atom. The molecule has 43 heavy (non-hydrogen) atoms. The Kier molecular flexibility index (Phi) is 10.4. The topological polar surface area (TPSA) is 138 Å². The largest absolute Gasteiger partial charge is 0.450 e. The molecule has 2 aromatic carbocycles. The van der Waals surface area contributed by atoms with Gasteiger partial charge in [-0.25, -0.2) is 26.6 Å². The summed E-state index contributed by atoms with van der Waals surface area (Å²) in [6.07, 6.45) is 0.661. The van der Waals surface area contributed by atoms with Crippen molar-refractivity contribution in [1.29, 1.82) is 0 Å². The van der Waals surface area contributed by atoms with E-state index >= 15 is 0 Å². The van der Waals surface area contributed by atoms with Crippen LogP contribution in [0.4, 0.5) is 9.93 Å². The highest BCUT2D eigenvalue weighted by Gasteiger charge is 2.31. The second-order valence-electron chi connectivity index (χ2n) is 9.97. The Morgan fingerprint density at radius 3 is 2.16 bits per heavy atom.